The van der Waals surface area contributed by atoms with Crippen molar-refractivity contribution >= 4 is 5.69 Å². The van der Waals surface area contributed by atoms with Crippen LogP contribution in [0.3, 0.4) is 0 Å². The van der Waals surface area contributed by atoms with Gasteiger partial charge in [-0.1, -0.05) is 0 Å². The summed E-state index contributed by atoms with van der Waals surface area (Å²) in [4.78, 5) is 1.75. The highest BCUT2D eigenvalue weighted by Gasteiger charge is 2.47. The zero-order valence-electron chi connectivity index (χ0n) is 10.2. The summed E-state index contributed by atoms with van der Waals surface area (Å²) in [6, 6.07) is 2.44. The Morgan fingerprint density at radius 1 is 1.22 bits per heavy atom. The predicted octanol–water partition coefficient (Wildman–Crippen LogP) is 2.34. The van der Waals surface area contributed by atoms with E-state index in [2.05, 4.69) is 0 Å². The Labute approximate surface area is 104 Å². The summed E-state index contributed by atoms with van der Waals surface area (Å²) < 4.78 is 38.0. The molecule has 0 saturated carbocycles. The van der Waals surface area contributed by atoms with Crippen LogP contribution in [0.15, 0.2) is 12.1 Å². The van der Waals surface area contributed by atoms with Gasteiger partial charge in [-0.25, -0.2) is 8.78 Å². The molecule has 0 N–H and O–H groups in total. The summed E-state index contributed by atoms with van der Waals surface area (Å²) in [5.74, 6) is -0.938. The van der Waals surface area contributed by atoms with Crippen LogP contribution in [0.25, 0.3) is 0 Å². The van der Waals surface area contributed by atoms with Crippen LogP contribution in [0.2, 0.25) is 0 Å². The van der Waals surface area contributed by atoms with E-state index in [0.717, 1.165) is 19.4 Å². The smallest absolute Gasteiger partial charge is 0.153 e. The third kappa shape index (κ3) is 1.92. The molecule has 1 spiro atoms. The third-order valence-corrected chi connectivity index (χ3v) is 3.77. The second kappa shape index (κ2) is 4.09. The van der Waals surface area contributed by atoms with E-state index < -0.39 is 11.6 Å². The van der Waals surface area contributed by atoms with Crippen molar-refractivity contribution in [1.82, 2.24) is 0 Å². The average molecular weight is 255 g/mol. The molecule has 2 fully saturated rings. The lowest BCUT2D eigenvalue weighted by Gasteiger charge is -2.32. The van der Waals surface area contributed by atoms with Crippen LogP contribution in [-0.2, 0) is 4.74 Å². The van der Waals surface area contributed by atoms with Crippen LogP contribution in [0, 0.1) is 11.6 Å². The monoisotopic (exact) mass is 255 g/mol. The Morgan fingerprint density at radius 3 is 2.22 bits per heavy atom. The number of benzene rings is 1. The maximum absolute atomic E-state index is 13.9. The molecule has 2 heterocycles. The van der Waals surface area contributed by atoms with Crippen molar-refractivity contribution in [3.63, 3.8) is 0 Å². The molecule has 2 aliphatic heterocycles. The molecule has 3 nitrogen and oxygen atoms in total. The summed E-state index contributed by atoms with van der Waals surface area (Å²) in [6.45, 7) is 2.04. The second-order valence-corrected chi connectivity index (χ2v) is 4.90. The number of ether oxygens (including phenoxy) is 2. The van der Waals surface area contributed by atoms with Gasteiger partial charge in [-0.3, -0.25) is 0 Å². The lowest BCUT2D eigenvalue weighted by molar-refractivity contribution is 0.257. The number of anilines is 1. The lowest BCUT2D eigenvalue weighted by Crippen LogP contribution is -2.38. The molecule has 5 heteroatoms. The van der Waals surface area contributed by atoms with Crippen molar-refractivity contribution < 1.29 is 18.3 Å². The van der Waals surface area contributed by atoms with Gasteiger partial charge in [0.15, 0.2) is 11.6 Å². The third-order valence-electron chi connectivity index (χ3n) is 3.77. The summed E-state index contributed by atoms with van der Waals surface area (Å²) in [5, 5.41) is 0. The number of hydrogen-bond donors (Lipinski definition) is 0. The van der Waals surface area contributed by atoms with Gasteiger partial charge in [0.1, 0.15) is 11.4 Å². The number of nitrogens with zero attached hydrogens (tertiary/aromatic N) is 1. The van der Waals surface area contributed by atoms with Gasteiger partial charge in [0, 0.05) is 25.2 Å². The summed E-state index contributed by atoms with van der Waals surface area (Å²) >= 11 is 0. The number of methoxy groups -OCH3 is 1. The van der Waals surface area contributed by atoms with E-state index in [9.17, 15) is 8.78 Å². The SMILES string of the molecule is COc1cc(F)c(N2CCC3(CC2)CO3)c(F)c1. The van der Waals surface area contributed by atoms with Gasteiger partial charge in [-0.2, -0.15) is 0 Å². The fourth-order valence-electron chi connectivity index (χ4n) is 2.49. The van der Waals surface area contributed by atoms with Crippen molar-refractivity contribution in [1.29, 1.82) is 0 Å². The van der Waals surface area contributed by atoms with Gasteiger partial charge in [0.2, 0.25) is 0 Å². The van der Waals surface area contributed by atoms with E-state index in [1.165, 1.54) is 19.2 Å². The molecule has 0 unspecified atom stereocenters. The Hall–Kier alpha value is -1.36. The fourth-order valence-corrected chi connectivity index (χ4v) is 2.49. The Balaban J connectivity index is 1.83. The highest BCUT2D eigenvalue weighted by molar-refractivity contribution is 5.52. The van der Waals surface area contributed by atoms with Crippen molar-refractivity contribution in [2.24, 2.45) is 0 Å². The number of hydrogen-bond acceptors (Lipinski definition) is 3. The molecule has 3 rings (SSSR count). The van der Waals surface area contributed by atoms with Gasteiger partial charge < -0.3 is 14.4 Å². The number of epoxide rings is 1. The minimum Gasteiger partial charge on any atom is -0.497 e. The van der Waals surface area contributed by atoms with E-state index in [0.29, 0.717) is 13.1 Å². The van der Waals surface area contributed by atoms with Crippen LogP contribution in [-0.4, -0.2) is 32.4 Å². The molecule has 0 atom stereocenters. The second-order valence-electron chi connectivity index (χ2n) is 4.90. The van der Waals surface area contributed by atoms with Crippen LogP contribution in [0.1, 0.15) is 12.8 Å². The first-order valence-corrected chi connectivity index (χ1v) is 6.05. The summed E-state index contributed by atoms with van der Waals surface area (Å²) in [7, 11) is 1.39. The molecular formula is C13H15F2NO2. The quantitative estimate of drug-likeness (QED) is 0.758. The minimum atomic E-state index is -0.570. The summed E-state index contributed by atoms with van der Waals surface area (Å²) in [5.41, 5.74) is 0.0573. The number of halogens is 2. The molecule has 1 aromatic carbocycles. The molecular weight excluding hydrogens is 240 g/mol. The highest BCUT2D eigenvalue weighted by atomic mass is 19.1. The van der Waals surface area contributed by atoms with Crippen molar-refractivity contribution in [3.05, 3.63) is 23.8 Å². The lowest BCUT2D eigenvalue weighted by atomic mass is 9.97. The van der Waals surface area contributed by atoms with Crippen LogP contribution in [0.5, 0.6) is 5.75 Å². The van der Waals surface area contributed by atoms with Crippen LogP contribution >= 0.6 is 0 Å². The van der Waals surface area contributed by atoms with E-state index in [1.807, 2.05) is 0 Å². The van der Waals surface area contributed by atoms with Crippen molar-refractivity contribution in [3.8, 4) is 5.75 Å². The molecule has 18 heavy (non-hydrogen) atoms. The molecule has 0 aromatic heterocycles. The summed E-state index contributed by atoms with van der Waals surface area (Å²) in [6.07, 6.45) is 1.66. The zero-order valence-corrected chi connectivity index (χ0v) is 10.2. The number of piperidine rings is 1. The zero-order chi connectivity index (χ0) is 12.8. The maximum Gasteiger partial charge on any atom is 0.153 e. The molecule has 0 radical (unpaired) electrons. The first-order valence-electron chi connectivity index (χ1n) is 6.05. The van der Waals surface area contributed by atoms with Crippen LogP contribution in [0.4, 0.5) is 14.5 Å². The fraction of sp³-hybridized carbons (Fsp3) is 0.538. The molecule has 2 saturated heterocycles. The molecule has 0 amide bonds. The van der Waals surface area contributed by atoms with Crippen LogP contribution < -0.4 is 9.64 Å². The Kier molecular flexibility index (Phi) is 2.66. The molecule has 0 bridgehead atoms. The standard InChI is InChI=1S/C13H15F2NO2/c1-17-9-6-10(14)12(11(15)7-9)16-4-2-13(3-5-16)8-18-13/h6-7H,2-5,8H2,1H3. The normalized spacial score (nSPS) is 21.2. The topological polar surface area (TPSA) is 25.0 Å². The van der Waals surface area contributed by atoms with Crippen molar-refractivity contribution in [2.75, 3.05) is 31.7 Å². The minimum absolute atomic E-state index is 0.00984. The Bertz CT molecular complexity index is 441. The van der Waals surface area contributed by atoms with Gasteiger partial charge in [0.25, 0.3) is 0 Å². The molecule has 2 aliphatic rings. The first kappa shape index (κ1) is 11.7. The first-order chi connectivity index (χ1) is 8.63. The molecule has 98 valence electrons. The van der Waals surface area contributed by atoms with Crippen molar-refractivity contribution in [2.45, 2.75) is 18.4 Å². The largest absolute Gasteiger partial charge is 0.497 e. The van der Waals surface area contributed by atoms with E-state index in [1.54, 1.807) is 4.90 Å². The van der Waals surface area contributed by atoms with Gasteiger partial charge >= 0.3 is 0 Å². The van der Waals surface area contributed by atoms with Gasteiger partial charge in [0.05, 0.1) is 19.3 Å². The molecule has 0 aliphatic carbocycles. The Morgan fingerprint density at radius 2 is 1.78 bits per heavy atom. The van der Waals surface area contributed by atoms with E-state index in [4.69, 9.17) is 9.47 Å². The van der Waals surface area contributed by atoms with Gasteiger partial charge in [-0.05, 0) is 12.8 Å². The number of rotatable bonds is 2. The molecule has 1 aromatic rings. The average Bonchev–Trinajstić information content (AvgIpc) is 3.10. The van der Waals surface area contributed by atoms with E-state index >= 15 is 0 Å². The van der Waals surface area contributed by atoms with Gasteiger partial charge in [-0.15, -0.1) is 0 Å². The van der Waals surface area contributed by atoms with E-state index in [-0.39, 0.29) is 17.0 Å². The predicted molar refractivity (Wildman–Crippen MR) is 63.0 cm³/mol. The maximum atomic E-state index is 13.9. The highest BCUT2D eigenvalue weighted by Crippen LogP contribution is 2.40.